The van der Waals surface area contributed by atoms with Crippen LogP contribution in [0.5, 0.6) is 5.75 Å². The van der Waals surface area contributed by atoms with Crippen LogP contribution in [0.25, 0.3) is 0 Å². The van der Waals surface area contributed by atoms with Crippen LogP contribution < -0.4 is 15.4 Å². The van der Waals surface area contributed by atoms with Crippen LogP contribution in [0.3, 0.4) is 0 Å². The van der Waals surface area contributed by atoms with E-state index in [4.69, 9.17) is 10.5 Å². The number of fused-ring (bicyclic) bond motifs is 1. The zero-order valence-corrected chi connectivity index (χ0v) is 21.0. The average molecular weight is 531 g/mol. The maximum absolute atomic E-state index is 13.7. The molecular formula is C24H33F3N4O4S. The lowest BCUT2D eigenvalue weighted by atomic mass is 9.95. The minimum atomic E-state index is -5.60. The summed E-state index contributed by atoms with van der Waals surface area (Å²) < 4.78 is 72.7. The molecule has 2 heterocycles. The van der Waals surface area contributed by atoms with E-state index in [0.29, 0.717) is 21.3 Å². The SMILES string of the molecule is CC1C=NC(CN2c3cccc(OCCO)c3CN(S(=O)(=O)C(F)(F)F)CC2C2CCCC2)=CC1N. The molecule has 3 N–H and O–H groups in total. The lowest BCUT2D eigenvalue weighted by Gasteiger charge is -2.38. The average Bonchev–Trinajstić information content (AvgIpc) is 3.30. The quantitative estimate of drug-likeness (QED) is 0.561. The first kappa shape index (κ1) is 26.9. The van der Waals surface area contributed by atoms with Crippen molar-refractivity contribution in [3.05, 3.63) is 35.5 Å². The number of aliphatic hydroxyl groups is 1. The summed E-state index contributed by atoms with van der Waals surface area (Å²) in [6.45, 7) is 1.07. The fourth-order valence-corrected chi connectivity index (χ4v) is 6.22. The maximum atomic E-state index is 13.7. The highest BCUT2D eigenvalue weighted by atomic mass is 32.2. The molecule has 0 spiro atoms. The monoisotopic (exact) mass is 530 g/mol. The smallest absolute Gasteiger partial charge is 0.491 e. The molecule has 0 bridgehead atoms. The lowest BCUT2D eigenvalue weighted by Crippen LogP contribution is -2.50. The third-order valence-electron chi connectivity index (χ3n) is 7.27. The van der Waals surface area contributed by atoms with Gasteiger partial charge in [-0.3, -0.25) is 4.99 Å². The second kappa shape index (κ2) is 10.7. The van der Waals surface area contributed by atoms with E-state index in [0.717, 1.165) is 25.7 Å². The second-order valence-corrected chi connectivity index (χ2v) is 11.6. The Balaban J connectivity index is 1.84. The van der Waals surface area contributed by atoms with E-state index in [-0.39, 0.29) is 49.9 Å². The van der Waals surface area contributed by atoms with Gasteiger partial charge in [-0.05, 0) is 37.0 Å². The van der Waals surface area contributed by atoms with Crippen molar-refractivity contribution >= 4 is 21.9 Å². The number of rotatable bonds is 7. The molecule has 3 atom stereocenters. The van der Waals surface area contributed by atoms with Crippen LogP contribution >= 0.6 is 0 Å². The number of benzene rings is 1. The molecule has 1 saturated carbocycles. The topological polar surface area (TPSA) is 108 Å². The standard InChI is InChI=1S/C24H33F3N4O4S/c1-16-12-29-18(11-20(16)28)13-31-21-7-4-8-23(35-10-9-32)19(21)14-30(36(33,34)24(25,26)27)15-22(31)17-5-2-3-6-17/h4,7-8,11-12,16-17,20,22,32H,2-3,5-6,9-10,13-15,28H2,1H3. The summed E-state index contributed by atoms with van der Waals surface area (Å²) in [6, 6.07) is 4.35. The third kappa shape index (κ3) is 5.41. The number of hydrogen-bond donors (Lipinski definition) is 2. The Morgan fingerprint density at radius 3 is 2.61 bits per heavy atom. The number of aliphatic imine (C=N–C) groups is 1. The molecule has 1 aromatic carbocycles. The van der Waals surface area contributed by atoms with Gasteiger partial charge in [0.2, 0.25) is 0 Å². The van der Waals surface area contributed by atoms with E-state index in [1.807, 2.05) is 17.9 Å². The largest absolute Gasteiger partial charge is 0.511 e. The molecule has 1 aliphatic carbocycles. The zero-order valence-electron chi connectivity index (χ0n) is 20.2. The van der Waals surface area contributed by atoms with Crippen molar-refractivity contribution in [3.8, 4) is 5.75 Å². The van der Waals surface area contributed by atoms with E-state index in [2.05, 4.69) is 4.99 Å². The van der Waals surface area contributed by atoms with Crippen LogP contribution in [0.4, 0.5) is 18.9 Å². The number of alkyl halides is 3. The highest BCUT2D eigenvalue weighted by Gasteiger charge is 2.52. The predicted octanol–water partition coefficient (Wildman–Crippen LogP) is 3.02. The van der Waals surface area contributed by atoms with Gasteiger partial charge in [0.05, 0.1) is 18.8 Å². The van der Waals surface area contributed by atoms with Gasteiger partial charge >= 0.3 is 15.5 Å². The first-order valence-corrected chi connectivity index (χ1v) is 13.7. The van der Waals surface area contributed by atoms with Crippen molar-refractivity contribution < 1.29 is 31.4 Å². The zero-order chi connectivity index (χ0) is 26.1. The maximum Gasteiger partial charge on any atom is 0.511 e. The molecule has 1 fully saturated rings. The molecule has 3 aliphatic rings. The Hall–Kier alpha value is -2.15. The molecule has 200 valence electrons. The number of nitrogens with two attached hydrogens (primary N) is 1. The molecular weight excluding hydrogens is 497 g/mol. The minimum Gasteiger partial charge on any atom is -0.491 e. The lowest BCUT2D eigenvalue weighted by molar-refractivity contribution is -0.0493. The normalized spacial score (nSPS) is 26.0. The van der Waals surface area contributed by atoms with Crippen LogP contribution in [-0.4, -0.2) is 67.9 Å². The van der Waals surface area contributed by atoms with E-state index in [9.17, 15) is 26.7 Å². The number of ether oxygens (including phenoxy) is 1. The number of nitrogens with zero attached hydrogens (tertiary/aromatic N) is 3. The molecule has 8 nitrogen and oxygen atoms in total. The van der Waals surface area contributed by atoms with Crippen molar-refractivity contribution in [2.45, 2.75) is 56.7 Å². The third-order valence-corrected chi connectivity index (χ3v) is 8.81. The Labute approximate surface area is 209 Å². The Kier molecular flexibility index (Phi) is 7.98. The first-order chi connectivity index (χ1) is 17.0. The van der Waals surface area contributed by atoms with E-state index in [1.54, 1.807) is 24.4 Å². The van der Waals surface area contributed by atoms with Gasteiger partial charge in [-0.25, -0.2) is 8.42 Å². The summed E-state index contributed by atoms with van der Waals surface area (Å²) in [7, 11) is -5.60. The Morgan fingerprint density at radius 2 is 1.97 bits per heavy atom. The van der Waals surface area contributed by atoms with Gasteiger partial charge in [0.25, 0.3) is 0 Å². The van der Waals surface area contributed by atoms with E-state index >= 15 is 0 Å². The van der Waals surface area contributed by atoms with Gasteiger partial charge in [0.1, 0.15) is 12.4 Å². The minimum absolute atomic E-state index is 0.0182. The van der Waals surface area contributed by atoms with Crippen molar-refractivity contribution in [1.82, 2.24) is 4.31 Å². The number of halogens is 3. The van der Waals surface area contributed by atoms with Crippen molar-refractivity contribution in [1.29, 1.82) is 0 Å². The fourth-order valence-electron chi connectivity index (χ4n) is 5.27. The Morgan fingerprint density at radius 1 is 1.25 bits per heavy atom. The van der Waals surface area contributed by atoms with E-state index < -0.39 is 28.1 Å². The highest BCUT2D eigenvalue weighted by molar-refractivity contribution is 7.89. The summed E-state index contributed by atoms with van der Waals surface area (Å²) >= 11 is 0. The Bertz CT molecular complexity index is 1100. The van der Waals surface area contributed by atoms with Crippen LogP contribution in [0.2, 0.25) is 0 Å². The molecule has 0 amide bonds. The summed E-state index contributed by atoms with van der Waals surface area (Å²) in [5.74, 6) is 0.318. The van der Waals surface area contributed by atoms with Crippen molar-refractivity contribution in [2.24, 2.45) is 22.6 Å². The molecule has 3 unspecified atom stereocenters. The summed E-state index contributed by atoms with van der Waals surface area (Å²) in [5, 5.41) is 9.25. The van der Waals surface area contributed by atoms with E-state index in [1.165, 1.54) is 0 Å². The summed E-state index contributed by atoms with van der Waals surface area (Å²) in [5.41, 5.74) is 2.41. The van der Waals surface area contributed by atoms with Gasteiger partial charge in [-0.15, -0.1) is 0 Å². The van der Waals surface area contributed by atoms with Crippen LogP contribution in [0.15, 0.2) is 35.0 Å². The van der Waals surface area contributed by atoms with Gasteiger partial charge in [0.15, 0.2) is 0 Å². The van der Waals surface area contributed by atoms with Crippen LogP contribution in [-0.2, 0) is 16.6 Å². The second-order valence-electron chi connectivity index (χ2n) is 9.68. The van der Waals surface area contributed by atoms with Gasteiger partial charge in [-0.1, -0.05) is 25.8 Å². The molecule has 2 aliphatic heterocycles. The van der Waals surface area contributed by atoms with Gasteiger partial charge in [-0.2, -0.15) is 17.5 Å². The molecule has 12 heteroatoms. The van der Waals surface area contributed by atoms with Gasteiger partial charge in [0, 0.05) is 48.6 Å². The molecule has 36 heavy (non-hydrogen) atoms. The van der Waals surface area contributed by atoms with Crippen molar-refractivity contribution in [3.63, 3.8) is 0 Å². The molecule has 0 aromatic heterocycles. The van der Waals surface area contributed by atoms with Crippen LogP contribution in [0.1, 0.15) is 38.2 Å². The number of sulfonamides is 1. The molecule has 1 aromatic rings. The molecule has 0 saturated heterocycles. The van der Waals surface area contributed by atoms with Crippen LogP contribution in [0, 0.1) is 11.8 Å². The first-order valence-electron chi connectivity index (χ1n) is 12.2. The van der Waals surface area contributed by atoms with Gasteiger partial charge < -0.3 is 20.5 Å². The molecule has 0 radical (unpaired) electrons. The summed E-state index contributed by atoms with van der Waals surface area (Å²) in [6.07, 6.45) is 7.11. The number of anilines is 1. The molecule has 4 rings (SSSR count). The number of aliphatic hydroxyl groups excluding tert-OH is 1. The number of hydrogen-bond acceptors (Lipinski definition) is 7. The highest BCUT2D eigenvalue weighted by Crippen LogP contribution is 2.42. The summed E-state index contributed by atoms with van der Waals surface area (Å²) in [4.78, 5) is 6.52. The predicted molar refractivity (Wildman–Crippen MR) is 131 cm³/mol. The fraction of sp³-hybridized carbons (Fsp3) is 0.625. The van der Waals surface area contributed by atoms with Crippen molar-refractivity contribution in [2.75, 3.05) is 31.2 Å².